The fourth-order valence-corrected chi connectivity index (χ4v) is 2.05. The molecule has 0 fully saturated rings. The van der Waals surface area contributed by atoms with E-state index < -0.39 is 0 Å². The van der Waals surface area contributed by atoms with E-state index in [-0.39, 0.29) is 5.91 Å². The minimum absolute atomic E-state index is 0.00738. The zero-order valence-electron chi connectivity index (χ0n) is 12.0. The number of aryl methyl sites for hydroxylation is 1. The van der Waals surface area contributed by atoms with Crippen molar-refractivity contribution in [2.75, 3.05) is 11.9 Å². The van der Waals surface area contributed by atoms with Crippen molar-refractivity contribution in [2.45, 2.75) is 26.3 Å². The summed E-state index contributed by atoms with van der Waals surface area (Å²) in [4.78, 5) is 11.7. The van der Waals surface area contributed by atoms with Crippen molar-refractivity contribution in [1.82, 2.24) is 5.32 Å². The van der Waals surface area contributed by atoms with E-state index in [4.69, 9.17) is 16.0 Å². The Bertz CT molecular complexity index is 578. The van der Waals surface area contributed by atoms with Gasteiger partial charge in [0, 0.05) is 17.1 Å². The molecule has 0 aliphatic rings. The lowest BCUT2D eigenvalue weighted by Gasteiger charge is -2.06. The first-order valence-electron chi connectivity index (χ1n) is 6.95. The Kier molecular flexibility index (Phi) is 5.84. The molecule has 4 nitrogen and oxygen atoms in total. The molecule has 0 saturated heterocycles. The molecule has 0 spiro atoms. The summed E-state index contributed by atoms with van der Waals surface area (Å²) < 4.78 is 5.45. The number of rotatable bonds is 7. The quantitative estimate of drug-likeness (QED) is 0.766. The smallest absolute Gasteiger partial charge is 0.224 e. The summed E-state index contributed by atoms with van der Waals surface area (Å²) in [6.45, 7) is 3.38. The Labute approximate surface area is 129 Å². The number of hydrogen-bond donors (Lipinski definition) is 2. The second kappa shape index (κ2) is 7.86. The van der Waals surface area contributed by atoms with Gasteiger partial charge in [-0.05, 0) is 56.3 Å². The predicted octanol–water partition coefficient (Wildman–Crippen LogP) is 3.75. The summed E-state index contributed by atoms with van der Waals surface area (Å²) in [5, 5.41) is 6.75. The molecule has 0 aliphatic heterocycles. The Morgan fingerprint density at radius 1 is 1.19 bits per heavy atom. The summed E-state index contributed by atoms with van der Waals surface area (Å²) in [7, 11) is 0. The third-order valence-corrected chi connectivity index (χ3v) is 3.23. The molecule has 2 aromatic rings. The molecule has 0 radical (unpaired) electrons. The molecular weight excluding hydrogens is 288 g/mol. The molecule has 0 bridgehead atoms. The fourth-order valence-electron chi connectivity index (χ4n) is 1.92. The van der Waals surface area contributed by atoms with Crippen molar-refractivity contribution < 1.29 is 9.21 Å². The topological polar surface area (TPSA) is 54.3 Å². The van der Waals surface area contributed by atoms with Gasteiger partial charge >= 0.3 is 0 Å². The van der Waals surface area contributed by atoms with Gasteiger partial charge in [-0.2, -0.15) is 0 Å². The first-order chi connectivity index (χ1) is 10.1. The molecule has 0 aliphatic carbocycles. The lowest BCUT2D eigenvalue weighted by Crippen LogP contribution is -2.17. The SMILES string of the molecule is Cc1ccc(CNCCCC(=O)Nc2ccc(Cl)cc2)o1. The maximum atomic E-state index is 11.7. The monoisotopic (exact) mass is 306 g/mol. The van der Waals surface area contributed by atoms with Crippen molar-refractivity contribution in [2.24, 2.45) is 0 Å². The standard InChI is InChI=1S/C16H19ClN2O2/c1-12-4-9-15(21-12)11-18-10-2-3-16(20)19-14-7-5-13(17)6-8-14/h4-9,18H,2-3,10-11H2,1H3,(H,19,20). The van der Waals surface area contributed by atoms with Gasteiger partial charge in [0.05, 0.1) is 6.54 Å². The maximum Gasteiger partial charge on any atom is 0.224 e. The minimum atomic E-state index is 0.00738. The van der Waals surface area contributed by atoms with E-state index in [1.54, 1.807) is 24.3 Å². The Balaban J connectivity index is 1.60. The van der Waals surface area contributed by atoms with Gasteiger partial charge in [-0.25, -0.2) is 0 Å². The molecule has 1 aromatic heterocycles. The average molecular weight is 307 g/mol. The van der Waals surface area contributed by atoms with Gasteiger partial charge < -0.3 is 15.1 Å². The number of carbonyl (C=O) groups is 1. The van der Waals surface area contributed by atoms with Crippen LogP contribution in [-0.2, 0) is 11.3 Å². The van der Waals surface area contributed by atoms with Gasteiger partial charge in [-0.3, -0.25) is 4.79 Å². The third-order valence-electron chi connectivity index (χ3n) is 2.98. The Hall–Kier alpha value is -1.78. The molecule has 21 heavy (non-hydrogen) atoms. The summed E-state index contributed by atoms with van der Waals surface area (Å²) in [6, 6.07) is 11.0. The molecule has 0 atom stereocenters. The molecule has 112 valence electrons. The summed E-state index contributed by atoms with van der Waals surface area (Å²) in [5.74, 6) is 1.83. The number of hydrogen-bond acceptors (Lipinski definition) is 3. The highest BCUT2D eigenvalue weighted by Crippen LogP contribution is 2.13. The zero-order chi connectivity index (χ0) is 15.1. The summed E-state index contributed by atoms with van der Waals surface area (Å²) >= 11 is 5.79. The van der Waals surface area contributed by atoms with Crippen LogP contribution in [0.3, 0.4) is 0 Å². The van der Waals surface area contributed by atoms with Crippen LogP contribution < -0.4 is 10.6 Å². The van der Waals surface area contributed by atoms with Gasteiger partial charge in [-0.15, -0.1) is 0 Å². The number of carbonyl (C=O) groups excluding carboxylic acids is 1. The molecule has 5 heteroatoms. The number of furan rings is 1. The number of anilines is 1. The van der Waals surface area contributed by atoms with Gasteiger partial charge in [0.2, 0.25) is 5.91 Å². The lowest BCUT2D eigenvalue weighted by atomic mass is 10.2. The molecule has 2 rings (SSSR count). The first kappa shape index (κ1) is 15.6. The first-order valence-corrected chi connectivity index (χ1v) is 7.33. The van der Waals surface area contributed by atoms with Crippen LogP contribution in [0.25, 0.3) is 0 Å². The molecule has 2 N–H and O–H groups in total. The maximum absolute atomic E-state index is 11.7. The zero-order valence-corrected chi connectivity index (χ0v) is 12.7. The number of halogens is 1. The molecule has 0 saturated carbocycles. The van der Waals surface area contributed by atoms with Crippen LogP contribution in [0.2, 0.25) is 5.02 Å². The van der Waals surface area contributed by atoms with Gasteiger partial charge in [-0.1, -0.05) is 11.6 Å². The van der Waals surface area contributed by atoms with Crippen LogP contribution in [0.1, 0.15) is 24.4 Å². The van der Waals surface area contributed by atoms with Crippen molar-refractivity contribution in [3.8, 4) is 0 Å². The van der Waals surface area contributed by atoms with Crippen LogP contribution in [0.5, 0.6) is 0 Å². The summed E-state index contributed by atoms with van der Waals surface area (Å²) in [6.07, 6.45) is 1.26. The number of amides is 1. The van der Waals surface area contributed by atoms with Crippen LogP contribution >= 0.6 is 11.6 Å². The lowest BCUT2D eigenvalue weighted by molar-refractivity contribution is -0.116. The molecule has 1 heterocycles. The van der Waals surface area contributed by atoms with E-state index in [0.29, 0.717) is 18.0 Å². The van der Waals surface area contributed by atoms with E-state index in [9.17, 15) is 4.79 Å². The van der Waals surface area contributed by atoms with E-state index >= 15 is 0 Å². The number of benzene rings is 1. The van der Waals surface area contributed by atoms with Gasteiger partial charge in [0.25, 0.3) is 0 Å². The highest BCUT2D eigenvalue weighted by Gasteiger charge is 2.03. The van der Waals surface area contributed by atoms with Crippen LogP contribution in [0.15, 0.2) is 40.8 Å². The average Bonchev–Trinajstić information content (AvgIpc) is 2.87. The van der Waals surface area contributed by atoms with E-state index in [0.717, 1.165) is 30.2 Å². The second-order valence-electron chi connectivity index (χ2n) is 4.85. The van der Waals surface area contributed by atoms with E-state index in [2.05, 4.69) is 10.6 Å². The molecular formula is C16H19ClN2O2. The molecule has 1 amide bonds. The van der Waals surface area contributed by atoms with Crippen LogP contribution in [0, 0.1) is 6.92 Å². The van der Waals surface area contributed by atoms with E-state index in [1.807, 2.05) is 19.1 Å². The largest absolute Gasteiger partial charge is 0.465 e. The summed E-state index contributed by atoms with van der Waals surface area (Å²) in [5.41, 5.74) is 0.767. The Morgan fingerprint density at radius 2 is 1.95 bits per heavy atom. The molecule has 0 unspecified atom stereocenters. The highest BCUT2D eigenvalue weighted by molar-refractivity contribution is 6.30. The molecule has 1 aromatic carbocycles. The third kappa shape index (κ3) is 5.61. The van der Waals surface area contributed by atoms with Crippen molar-refractivity contribution >= 4 is 23.2 Å². The van der Waals surface area contributed by atoms with Crippen LogP contribution in [-0.4, -0.2) is 12.5 Å². The minimum Gasteiger partial charge on any atom is -0.465 e. The number of nitrogens with one attached hydrogen (secondary N) is 2. The Morgan fingerprint density at radius 3 is 2.62 bits per heavy atom. The predicted molar refractivity (Wildman–Crippen MR) is 84.5 cm³/mol. The van der Waals surface area contributed by atoms with Crippen molar-refractivity contribution in [1.29, 1.82) is 0 Å². The highest BCUT2D eigenvalue weighted by atomic mass is 35.5. The van der Waals surface area contributed by atoms with Crippen molar-refractivity contribution in [3.05, 3.63) is 52.9 Å². The van der Waals surface area contributed by atoms with Crippen molar-refractivity contribution in [3.63, 3.8) is 0 Å². The van der Waals surface area contributed by atoms with Gasteiger partial charge in [0.1, 0.15) is 11.5 Å². The van der Waals surface area contributed by atoms with Crippen LogP contribution in [0.4, 0.5) is 5.69 Å². The normalized spacial score (nSPS) is 10.6. The fraction of sp³-hybridized carbons (Fsp3) is 0.312. The van der Waals surface area contributed by atoms with Gasteiger partial charge in [0.15, 0.2) is 0 Å². The second-order valence-corrected chi connectivity index (χ2v) is 5.28. The van der Waals surface area contributed by atoms with E-state index in [1.165, 1.54) is 0 Å².